The average molecular weight is 387 g/mol. The van der Waals surface area contributed by atoms with Gasteiger partial charge >= 0.3 is 0 Å². The van der Waals surface area contributed by atoms with Gasteiger partial charge in [0.1, 0.15) is 0 Å². The highest BCUT2D eigenvalue weighted by molar-refractivity contribution is 7.89. The van der Waals surface area contributed by atoms with Crippen molar-refractivity contribution in [2.75, 3.05) is 0 Å². The first-order valence-electron chi connectivity index (χ1n) is 9.41. The van der Waals surface area contributed by atoms with Crippen molar-refractivity contribution >= 4 is 15.9 Å². The lowest BCUT2D eigenvalue weighted by Crippen LogP contribution is -2.36. The van der Waals surface area contributed by atoms with Crippen LogP contribution >= 0.6 is 0 Å². The summed E-state index contributed by atoms with van der Waals surface area (Å²) in [6, 6.07) is 14.0. The number of hydrogen-bond donors (Lipinski definition) is 2. The van der Waals surface area contributed by atoms with Gasteiger partial charge in [-0.1, -0.05) is 49.6 Å². The van der Waals surface area contributed by atoms with Gasteiger partial charge in [0.15, 0.2) is 0 Å². The van der Waals surface area contributed by atoms with Crippen molar-refractivity contribution in [3.05, 3.63) is 65.2 Å². The van der Waals surface area contributed by atoms with E-state index in [2.05, 4.69) is 10.0 Å². The van der Waals surface area contributed by atoms with E-state index in [1.807, 2.05) is 31.2 Å². The molecule has 0 atom stereocenters. The molecule has 2 N–H and O–H groups in total. The predicted octanol–water partition coefficient (Wildman–Crippen LogP) is 3.54. The van der Waals surface area contributed by atoms with Crippen LogP contribution in [0, 0.1) is 6.92 Å². The first-order chi connectivity index (χ1) is 13.0. The quantitative estimate of drug-likeness (QED) is 0.797. The van der Waals surface area contributed by atoms with E-state index in [1.54, 1.807) is 12.1 Å². The Bertz CT molecular complexity index is 903. The molecule has 0 bridgehead atoms. The smallest absolute Gasteiger partial charge is 0.251 e. The van der Waals surface area contributed by atoms with Crippen LogP contribution in [0.15, 0.2) is 53.4 Å². The molecule has 6 heteroatoms. The van der Waals surface area contributed by atoms with Crippen LogP contribution in [0.25, 0.3) is 0 Å². The van der Waals surface area contributed by atoms with Crippen LogP contribution in [0.1, 0.15) is 53.6 Å². The minimum Gasteiger partial charge on any atom is -0.349 e. The van der Waals surface area contributed by atoms with Gasteiger partial charge in [0.05, 0.1) is 4.90 Å². The summed E-state index contributed by atoms with van der Waals surface area (Å²) < 4.78 is 27.9. The second kappa shape index (κ2) is 8.67. The zero-order chi connectivity index (χ0) is 19.3. The van der Waals surface area contributed by atoms with Crippen LogP contribution in [0.5, 0.6) is 0 Å². The summed E-state index contributed by atoms with van der Waals surface area (Å²) in [6.45, 7) is 2.16. The highest BCUT2D eigenvalue weighted by Gasteiger charge is 2.19. The maximum absolute atomic E-state index is 12.6. The number of amides is 1. The van der Waals surface area contributed by atoms with E-state index >= 15 is 0 Å². The standard InChI is InChI=1S/C21H26N2O3S/c1-16-8-5-6-9-18(16)15-22-27(25,26)20-13-7-10-17(14-20)21(24)23-19-11-3-2-4-12-19/h5-10,13-14,19,22H,2-4,11-12,15H2,1H3,(H,23,24). The van der Waals surface area contributed by atoms with Gasteiger partial charge in [0.25, 0.3) is 5.91 Å². The molecule has 1 aliphatic rings. The molecular formula is C21H26N2O3S. The van der Waals surface area contributed by atoms with Gasteiger partial charge in [0.2, 0.25) is 10.0 Å². The lowest BCUT2D eigenvalue weighted by Gasteiger charge is -2.22. The molecule has 3 rings (SSSR count). The zero-order valence-corrected chi connectivity index (χ0v) is 16.4. The van der Waals surface area contributed by atoms with Crippen molar-refractivity contribution < 1.29 is 13.2 Å². The first kappa shape index (κ1) is 19.6. The summed E-state index contributed by atoms with van der Waals surface area (Å²) >= 11 is 0. The van der Waals surface area contributed by atoms with Crippen LogP contribution in [0.2, 0.25) is 0 Å². The number of benzene rings is 2. The molecule has 144 valence electrons. The van der Waals surface area contributed by atoms with Crippen LogP contribution in [0.3, 0.4) is 0 Å². The zero-order valence-electron chi connectivity index (χ0n) is 15.6. The summed E-state index contributed by atoms with van der Waals surface area (Å²) in [5.41, 5.74) is 2.33. The van der Waals surface area contributed by atoms with Gasteiger partial charge in [-0.05, 0) is 49.1 Å². The third kappa shape index (κ3) is 5.17. The Labute approximate surface area is 161 Å². The molecule has 0 saturated heterocycles. The molecule has 1 amide bonds. The number of aryl methyl sites for hydroxylation is 1. The molecule has 0 unspecified atom stereocenters. The maximum Gasteiger partial charge on any atom is 0.251 e. The topological polar surface area (TPSA) is 75.3 Å². The molecule has 0 heterocycles. The summed E-state index contributed by atoms with van der Waals surface area (Å²) in [6.07, 6.45) is 5.44. The average Bonchev–Trinajstić information content (AvgIpc) is 2.68. The molecule has 2 aromatic rings. The highest BCUT2D eigenvalue weighted by Crippen LogP contribution is 2.19. The monoisotopic (exact) mass is 386 g/mol. The third-order valence-corrected chi connectivity index (χ3v) is 6.46. The van der Waals surface area contributed by atoms with Gasteiger partial charge in [-0.3, -0.25) is 4.79 Å². The molecular weight excluding hydrogens is 360 g/mol. The van der Waals surface area contributed by atoms with E-state index in [1.165, 1.54) is 18.6 Å². The van der Waals surface area contributed by atoms with E-state index in [0.29, 0.717) is 5.56 Å². The molecule has 0 spiro atoms. The maximum atomic E-state index is 12.6. The Morgan fingerprint density at radius 1 is 1.04 bits per heavy atom. The number of sulfonamides is 1. The Kier molecular flexibility index (Phi) is 6.29. The van der Waals surface area contributed by atoms with Gasteiger partial charge < -0.3 is 5.32 Å². The fourth-order valence-electron chi connectivity index (χ4n) is 3.38. The third-order valence-electron chi connectivity index (χ3n) is 5.06. The van der Waals surface area contributed by atoms with E-state index in [9.17, 15) is 13.2 Å². The van der Waals surface area contributed by atoms with E-state index < -0.39 is 10.0 Å². The molecule has 0 aromatic heterocycles. The van der Waals surface area contributed by atoms with E-state index in [0.717, 1.165) is 36.8 Å². The fourth-order valence-corrected chi connectivity index (χ4v) is 4.44. The lowest BCUT2D eigenvalue weighted by molar-refractivity contribution is 0.0927. The van der Waals surface area contributed by atoms with Crippen LogP contribution in [-0.2, 0) is 16.6 Å². The first-order valence-corrected chi connectivity index (χ1v) is 10.9. The minimum atomic E-state index is -3.69. The fraction of sp³-hybridized carbons (Fsp3) is 0.381. The Hall–Kier alpha value is -2.18. The second-order valence-electron chi connectivity index (χ2n) is 7.09. The Balaban J connectivity index is 1.69. The minimum absolute atomic E-state index is 0.104. The summed E-state index contributed by atoms with van der Waals surface area (Å²) in [5, 5.41) is 3.02. The van der Waals surface area contributed by atoms with Gasteiger partial charge in [0, 0.05) is 18.2 Å². The molecule has 0 radical (unpaired) electrons. The van der Waals surface area contributed by atoms with Gasteiger partial charge in [-0.15, -0.1) is 0 Å². The number of carbonyl (C=O) groups excluding carboxylic acids is 1. The van der Waals surface area contributed by atoms with E-state index in [4.69, 9.17) is 0 Å². The lowest BCUT2D eigenvalue weighted by atomic mass is 9.95. The SMILES string of the molecule is Cc1ccccc1CNS(=O)(=O)c1cccc(C(=O)NC2CCCCC2)c1. The summed E-state index contributed by atoms with van der Waals surface area (Å²) in [7, 11) is -3.69. The van der Waals surface area contributed by atoms with Crippen molar-refractivity contribution in [3.63, 3.8) is 0 Å². The number of nitrogens with one attached hydrogen (secondary N) is 2. The van der Waals surface area contributed by atoms with Crippen LogP contribution in [0.4, 0.5) is 0 Å². The summed E-state index contributed by atoms with van der Waals surface area (Å²) in [5.74, 6) is -0.210. The molecule has 1 saturated carbocycles. The van der Waals surface area contributed by atoms with Crippen LogP contribution < -0.4 is 10.0 Å². The van der Waals surface area contributed by atoms with Crippen molar-refractivity contribution in [1.29, 1.82) is 0 Å². The number of carbonyl (C=O) groups is 1. The van der Waals surface area contributed by atoms with Gasteiger partial charge in [-0.2, -0.15) is 0 Å². The summed E-state index contributed by atoms with van der Waals surface area (Å²) in [4.78, 5) is 12.6. The van der Waals surface area contributed by atoms with Crippen molar-refractivity contribution in [2.24, 2.45) is 0 Å². The van der Waals surface area contributed by atoms with Gasteiger partial charge in [-0.25, -0.2) is 13.1 Å². The Morgan fingerprint density at radius 2 is 1.78 bits per heavy atom. The normalized spacial score (nSPS) is 15.4. The molecule has 2 aromatic carbocycles. The molecule has 0 aliphatic heterocycles. The Morgan fingerprint density at radius 3 is 2.52 bits per heavy atom. The van der Waals surface area contributed by atoms with Crippen molar-refractivity contribution in [3.8, 4) is 0 Å². The predicted molar refractivity (Wildman–Crippen MR) is 106 cm³/mol. The van der Waals surface area contributed by atoms with Crippen molar-refractivity contribution in [2.45, 2.75) is 56.5 Å². The second-order valence-corrected chi connectivity index (χ2v) is 8.85. The highest BCUT2D eigenvalue weighted by atomic mass is 32.2. The number of hydrogen-bond acceptors (Lipinski definition) is 3. The van der Waals surface area contributed by atoms with E-state index in [-0.39, 0.29) is 23.4 Å². The van der Waals surface area contributed by atoms with Crippen molar-refractivity contribution in [1.82, 2.24) is 10.0 Å². The molecule has 5 nitrogen and oxygen atoms in total. The largest absolute Gasteiger partial charge is 0.349 e. The molecule has 27 heavy (non-hydrogen) atoms. The van der Waals surface area contributed by atoms with Crippen LogP contribution in [-0.4, -0.2) is 20.4 Å². The molecule has 1 fully saturated rings. The number of rotatable bonds is 6. The molecule has 1 aliphatic carbocycles.